The second-order valence-corrected chi connectivity index (χ2v) is 9.79. The molecule has 0 aliphatic carbocycles. The standard InChI is InChI=1S/C26H29N3O3S/c1-14(2)18-8-10-19(11-9-18)23-22(25(31)32-7)16(4)27-26-29(23)24(30)21(33-26)13-20-12-15(3)28(6)17(20)5/h8-14,23H,1-7H3/b21-13+. The Bertz CT molecular complexity index is 1450. The van der Waals surface area contributed by atoms with Gasteiger partial charge in [0.05, 0.1) is 29.0 Å². The van der Waals surface area contributed by atoms with Gasteiger partial charge in [0.1, 0.15) is 0 Å². The van der Waals surface area contributed by atoms with Crippen molar-refractivity contribution in [1.82, 2.24) is 9.13 Å². The molecule has 7 heteroatoms. The summed E-state index contributed by atoms with van der Waals surface area (Å²) in [6.45, 7) is 10.1. The van der Waals surface area contributed by atoms with E-state index in [1.807, 2.05) is 39.1 Å². The fourth-order valence-corrected chi connectivity index (χ4v) is 5.28. The zero-order valence-electron chi connectivity index (χ0n) is 20.1. The summed E-state index contributed by atoms with van der Waals surface area (Å²) in [6.07, 6.45) is 1.92. The molecule has 0 bridgehead atoms. The zero-order valence-corrected chi connectivity index (χ0v) is 20.9. The number of fused-ring (bicyclic) bond motifs is 1. The zero-order chi connectivity index (χ0) is 24.0. The number of hydrogen-bond donors (Lipinski definition) is 0. The number of allylic oxidation sites excluding steroid dienone is 1. The van der Waals surface area contributed by atoms with Gasteiger partial charge < -0.3 is 9.30 Å². The van der Waals surface area contributed by atoms with Gasteiger partial charge in [0.25, 0.3) is 5.56 Å². The Kier molecular flexibility index (Phi) is 6.01. The van der Waals surface area contributed by atoms with E-state index in [0.29, 0.717) is 26.5 Å². The minimum atomic E-state index is -0.587. The van der Waals surface area contributed by atoms with Crippen LogP contribution in [0, 0.1) is 13.8 Å². The van der Waals surface area contributed by atoms with Crippen LogP contribution >= 0.6 is 11.3 Å². The molecule has 0 spiro atoms. The summed E-state index contributed by atoms with van der Waals surface area (Å²) in [5.74, 6) is -0.0889. The molecule has 6 nitrogen and oxygen atoms in total. The second-order valence-electron chi connectivity index (χ2n) is 8.78. The number of aryl methyl sites for hydroxylation is 1. The van der Waals surface area contributed by atoms with Gasteiger partial charge in [0.15, 0.2) is 4.80 Å². The Morgan fingerprint density at radius 1 is 1.18 bits per heavy atom. The number of benzene rings is 1. The molecule has 0 radical (unpaired) electrons. The molecule has 4 rings (SSSR count). The molecular weight excluding hydrogens is 434 g/mol. The van der Waals surface area contributed by atoms with Gasteiger partial charge in [-0.15, -0.1) is 0 Å². The molecule has 33 heavy (non-hydrogen) atoms. The Morgan fingerprint density at radius 2 is 1.85 bits per heavy atom. The van der Waals surface area contributed by atoms with E-state index < -0.39 is 12.0 Å². The third-order valence-corrected chi connectivity index (χ3v) is 7.43. The first-order chi connectivity index (χ1) is 15.6. The van der Waals surface area contributed by atoms with Gasteiger partial charge in [-0.1, -0.05) is 49.4 Å². The highest BCUT2D eigenvalue weighted by Crippen LogP contribution is 2.31. The Hall–Kier alpha value is -3.19. The SMILES string of the molecule is COC(=O)C1=C(C)N=c2s/c(=C/c3cc(C)n(C)c3C)c(=O)n2C1c1ccc(C(C)C)cc1. The van der Waals surface area contributed by atoms with Gasteiger partial charge >= 0.3 is 5.97 Å². The van der Waals surface area contributed by atoms with Gasteiger partial charge in [-0.05, 0) is 55.5 Å². The molecule has 2 aromatic heterocycles. The maximum Gasteiger partial charge on any atom is 0.338 e. The minimum absolute atomic E-state index is 0.161. The topological polar surface area (TPSA) is 65.6 Å². The molecule has 0 saturated heterocycles. The van der Waals surface area contributed by atoms with Crippen molar-refractivity contribution < 1.29 is 9.53 Å². The summed E-state index contributed by atoms with van der Waals surface area (Å²) in [7, 11) is 3.36. The Labute approximate surface area is 197 Å². The Balaban J connectivity index is 1.96. The first-order valence-electron chi connectivity index (χ1n) is 11.0. The largest absolute Gasteiger partial charge is 0.466 e. The number of aromatic nitrogens is 2. The van der Waals surface area contributed by atoms with E-state index in [2.05, 4.69) is 41.6 Å². The lowest BCUT2D eigenvalue weighted by atomic mass is 9.93. The molecule has 3 aromatic rings. The van der Waals surface area contributed by atoms with Crippen LogP contribution in [-0.2, 0) is 16.6 Å². The predicted octanol–water partition coefficient (Wildman–Crippen LogP) is 3.49. The number of ether oxygens (including phenoxy) is 1. The van der Waals surface area contributed by atoms with E-state index in [9.17, 15) is 9.59 Å². The monoisotopic (exact) mass is 463 g/mol. The molecule has 0 fully saturated rings. The lowest BCUT2D eigenvalue weighted by molar-refractivity contribution is -0.136. The summed E-state index contributed by atoms with van der Waals surface area (Å²) in [5, 5.41) is 0. The first-order valence-corrected chi connectivity index (χ1v) is 11.8. The summed E-state index contributed by atoms with van der Waals surface area (Å²) in [5.41, 5.74) is 6.06. The molecule has 1 unspecified atom stereocenters. The van der Waals surface area contributed by atoms with E-state index >= 15 is 0 Å². The maximum atomic E-state index is 13.6. The number of nitrogens with zero attached hydrogens (tertiary/aromatic N) is 3. The van der Waals surface area contributed by atoms with Crippen molar-refractivity contribution in [2.45, 2.75) is 46.6 Å². The highest BCUT2D eigenvalue weighted by molar-refractivity contribution is 7.07. The van der Waals surface area contributed by atoms with E-state index in [4.69, 9.17) is 4.74 Å². The predicted molar refractivity (Wildman–Crippen MR) is 131 cm³/mol. The van der Waals surface area contributed by atoms with Crippen LogP contribution in [0.5, 0.6) is 0 Å². The third kappa shape index (κ3) is 3.91. The lowest BCUT2D eigenvalue weighted by Gasteiger charge is -2.24. The second kappa shape index (κ2) is 8.63. The van der Waals surface area contributed by atoms with Gasteiger partial charge in [-0.2, -0.15) is 0 Å². The third-order valence-electron chi connectivity index (χ3n) is 6.45. The molecule has 172 valence electrons. The van der Waals surface area contributed by atoms with Crippen LogP contribution in [-0.4, -0.2) is 22.2 Å². The molecule has 1 aliphatic rings. The van der Waals surface area contributed by atoms with Crippen LogP contribution in [0.15, 0.2) is 51.4 Å². The van der Waals surface area contributed by atoms with Crippen LogP contribution in [0.1, 0.15) is 60.8 Å². The molecule has 1 aromatic carbocycles. The summed E-state index contributed by atoms with van der Waals surface area (Å²) in [6, 6.07) is 9.57. The smallest absolute Gasteiger partial charge is 0.338 e. The highest BCUT2D eigenvalue weighted by atomic mass is 32.1. The van der Waals surface area contributed by atoms with Crippen LogP contribution in [0.3, 0.4) is 0 Å². The molecule has 0 saturated carbocycles. The maximum absolute atomic E-state index is 13.6. The lowest BCUT2D eigenvalue weighted by Crippen LogP contribution is -2.39. The fourth-order valence-electron chi connectivity index (χ4n) is 4.24. The number of methoxy groups -OCH3 is 1. The fraction of sp³-hybridized carbons (Fsp3) is 0.346. The van der Waals surface area contributed by atoms with Crippen LogP contribution in [0.2, 0.25) is 0 Å². The molecular formula is C26H29N3O3S. The average Bonchev–Trinajstić information content (AvgIpc) is 3.22. The van der Waals surface area contributed by atoms with Crippen LogP contribution in [0.4, 0.5) is 0 Å². The Morgan fingerprint density at radius 3 is 2.39 bits per heavy atom. The van der Waals surface area contributed by atoms with Crippen molar-refractivity contribution in [1.29, 1.82) is 0 Å². The summed E-state index contributed by atoms with van der Waals surface area (Å²) >= 11 is 1.34. The number of thiazole rings is 1. The first kappa shape index (κ1) is 23.0. The molecule has 0 amide bonds. The van der Waals surface area contributed by atoms with E-state index in [1.54, 1.807) is 11.5 Å². The molecule has 1 atom stereocenters. The molecule has 3 heterocycles. The number of rotatable bonds is 4. The minimum Gasteiger partial charge on any atom is -0.466 e. The number of hydrogen-bond acceptors (Lipinski definition) is 5. The van der Waals surface area contributed by atoms with Crippen molar-refractivity contribution in [2.75, 3.05) is 7.11 Å². The van der Waals surface area contributed by atoms with E-state index in [0.717, 1.165) is 22.5 Å². The van der Waals surface area contributed by atoms with Crippen LogP contribution in [0.25, 0.3) is 6.08 Å². The van der Waals surface area contributed by atoms with E-state index in [1.165, 1.54) is 24.0 Å². The van der Waals surface area contributed by atoms with Crippen molar-refractivity contribution in [3.8, 4) is 0 Å². The van der Waals surface area contributed by atoms with Crippen molar-refractivity contribution in [3.05, 3.63) is 89.4 Å². The number of carbonyl (C=O) groups is 1. The van der Waals surface area contributed by atoms with Crippen molar-refractivity contribution >= 4 is 23.4 Å². The van der Waals surface area contributed by atoms with Crippen molar-refractivity contribution in [2.24, 2.45) is 12.0 Å². The van der Waals surface area contributed by atoms with Gasteiger partial charge in [0, 0.05) is 18.4 Å². The molecule has 1 aliphatic heterocycles. The van der Waals surface area contributed by atoms with Crippen LogP contribution < -0.4 is 14.9 Å². The molecule has 0 N–H and O–H groups in total. The van der Waals surface area contributed by atoms with Gasteiger partial charge in [0.2, 0.25) is 0 Å². The number of esters is 1. The van der Waals surface area contributed by atoms with Crippen molar-refractivity contribution in [3.63, 3.8) is 0 Å². The van der Waals surface area contributed by atoms with Gasteiger partial charge in [-0.25, -0.2) is 9.79 Å². The average molecular weight is 464 g/mol. The van der Waals surface area contributed by atoms with Gasteiger partial charge in [-0.3, -0.25) is 9.36 Å². The normalized spacial score (nSPS) is 16.2. The quantitative estimate of drug-likeness (QED) is 0.557. The number of carbonyl (C=O) groups excluding carboxylic acids is 1. The highest BCUT2D eigenvalue weighted by Gasteiger charge is 2.33. The summed E-state index contributed by atoms with van der Waals surface area (Å²) in [4.78, 5) is 31.6. The summed E-state index contributed by atoms with van der Waals surface area (Å²) < 4.78 is 9.40. The van der Waals surface area contributed by atoms with E-state index in [-0.39, 0.29) is 5.56 Å².